The number of rotatable bonds is 33. The standard InChI is InChI=1S/C82H115N11O32S/c1-12-42(2)70-82(21-15-13-14-16-23-92(10)80(112)117-40-47-17-20-61(54(29-47)72(106)84-22-24-115-25-26-116-27-28-118-91-79(111)125-81(7,8)9)122-77-69(121-46(6)97)67(120-45(5)96)66(119-44(4)95)68(123-77)76(109)114-11)78(110)86-37-63(103)87-56-41-126(113)74-53(52-19-18-51(124-82)35-55(52)88-74)30-48(71(105)85-36-64(104)89-70)31-59(100)65(43(3)60(101)39-94)90-73(107)57-34-50(98)38-93(57)75(108)49(32-58(56)99)33-62(83)102/h17-20,29,35,42-43,48-50,56-57,60,65-70,77,88,94,98,101H,12-16,21-28,30-34,36-41H2,1-11H3,(H2,83,102)(H,84,106)(H,85,105)(H,86,110)(H,87,103)(H,89,104)(H,90,107)(H,91,111)/t42-,43-,48+,49-,50+,56-,57-,60-,65-,66-,67-,68-,69+,70-,77?,82?,126?/m0/s1. The first-order valence-electron chi connectivity index (χ1n) is 41.4. The number of ether oxygens (including phenoxy) is 11. The van der Waals surface area contributed by atoms with Gasteiger partial charge < -0.3 is 120 Å². The highest BCUT2D eigenvalue weighted by atomic mass is 32.2. The van der Waals surface area contributed by atoms with Crippen LogP contribution in [0.25, 0.3) is 10.9 Å². The number of esters is 4. The number of nitrogens with two attached hydrogens (primary N) is 1. The molecule has 7 heterocycles. The van der Waals surface area contributed by atoms with Crippen molar-refractivity contribution >= 4 is 117 Å². The maximum Gasteiger partial charge on any atom is 0.431 e. The van der Waals surface area contributed by atoms with Gasteiger partial charge in [0.1, 0.15) is 34.8 Å². The topological polar surface area (TPSA) is 594 Å². The molecule has 0 radical (unpaired) electrons. The summed E-state index contributed by atoms with van der Waals surface area (Å²) in [6.45, 7) is 9.38. The Bertz CT molecular complexity index is 4480. The van der Waals surface area contributed by atoms with Crippen molar-refractivity contribution in [3.63, 3.8) is 0 Å². The molecule has 9 rings (SSSR count). The molecule has 126 heavy (non-hydrogen) atoms. The van der Waals surface area contributed by atoms with Crippen molar-refractivity contribution < 1.29 is 153 Å². The third kappa shape index (κ3) is 27.7. The molecule has 44 heteroatoms. The third-order valence-corrected chi connectivity index (χ3v) is 23.1. The van der Waals surface area contributed by atoms with Crippen LogP contribution in [0.4, 0.5) is 9.59 Å². The minimum atomic E-state index is -2.41. The van der Waals surface area contributed by atoms with E-state index in [4.69, 9.17) is 62.7 Å². The van der Waals surface area contributed by atoms with Gasteiger partial charge >= 0.3 is 36.1 Å². The van der Waals surface area contributed by atoms with E-state index in [1.54, 1.807) is 40.7 Å². The van der Waals surface area contributed by atoms with E-state index in [2.05, 4.69) is 42.4 Å². The number of carbonyl (C=O) groups excluding carboxylic acids is 16. The Labute approximate surface area is 728 Å². The van der Waals surface area contributed by atoms with Crippen molar-refractivity contribution in [2.24, 2.45) is 29.4 Å². The summed E-state index contributed by atoms with van der Waals surface area (Å²) >= 11 is 0. The van der Waals surface area contributed by atoms with Gasteiger partial charge in [0.05, 0.1) is 124 Å². The second kappa shape index (κ2) is 46.4. The predicted octanol–water partition coefficient (Wildman–Crippen LogP) is -0.803. The number of methoxy groups -OCH3 is 1. The molecule has 13 N–H and O–H groups in total. The number of aliphatic hydroxyl groups excluding tert-OH is 3. The number of aliphatic hydroxyl groups is 3. The molecule has 2 aromatic carbocycles. The molecular formula is C82H115N11O32S. The van der Waals surface area contributed by atoms with E-state index >= 15 is 18.6 Å². The lowest BCUT2D eigenvalue weighted by Crippen LogP contribution is -2.67. The van der Waals surface area contributed by atoms with Crippen molar-refractivity contribution in [3.05, 3.63) is 53.1 Å². The van der Waals surface area contributed by atoms with Crippen LogP contribution in [-0.2, 0) is 134 Å². The highest BCUT2D eigenvalue weighted by Gasteiger charge is 2.57. The van der Waals surface area contributed by atoms with Crippen molar-refractivity contribution in [2.45, 2.75) is 223 Å². The number of aromatic amines is 1. The molecule has 0 aliphatic carbocycles. The summed E-state index contributed by atoms with van der Waals surface area (Å²) in [5.74, 6) is -19.8. The first-order chi connectivity index (χ1) is 59.6. The average Bonchev–Trinajstić information content (AvgIpc) is 1.49. The number of primary amides is 1. The van der Waals surface area contributed by atoms with Crippen molar-refractivity contribution in [1.82, 2.24) is 52.2 Å². The number of hydroxylamine groups is 1. The van der Waals surface area contributed by atoms with E-state index < -0.39 is 278 Å². The van der Waals surface area contributed by atoms with E-state index in [-0.39, 0.29) is 110 Å². The van der Waals surface area contributed by atoms with Gasteiger partial charge in [-0.2, -0.15) is 5.48 Å². The van der Waals surface area contributed by atoms with E-state index in [0.29, 0.717) is 19.3 Å². The number of hydrogen-bond donors (Lipinski definition) is 12. The second-order valence-corrected chi connectivity index (χ2v) is 33.8. The van der Waals surface area contributed by atoms with Gasteiger partial charge in [0, 0.05) is 96.4 Å². The van der Waals surface area contributed by atoms with Gasteiger partial charge in [0.25, 0.3) is 11.8 Å². The first kappa shape index (κ1) is 100. The van der Waals surface area contributed by atoms with Crippen LogP contribution in [0.2, 0.25) is 0 Å². The lowest BCUT2D eigenvalue weighted by atomic mass is 9.79. The molecule has 0 saturated carbocycles. The lowest BCUT2D eigenvalue weighted by molar-refractivity contribution is -0.282. The summed E-state index contributed by atoms with van der Waals surface area (Å²) in [6.07, 6.45) is -15.9. The van der Waals surface area contributed by atoms with Crippen LogP contribution in [0.15, 0.2) is 41.4 Å². The predicted molar refractivity (Wildman–Crippen MR) is 436 cm³/mol. The molecule has 3 aromatic rings. The molecule has 43 nitrogen and oxygen atoms in total. The number of nitrogens with zero attached hydrogens (tertiary/aromatic N) is 2. The fraction of sp³-hybridized carbons (Fsp3) is 0.634. The van der Waals surface area contributed by atoms with Crippen molar-refractivity contribution in [1.29, 1.82) is 0 Å². The number of amides is 10. The Morgan fingerprint density at radius 2 is 1.46 bits per heavy atom. The molecule has 2 saturated heterocycles. The number of ketones is 2. The van der Waals surface area contributed by atoms with Crippen LogP contribution in [0, 0.1) is 23.7 Å². The zero-order valence-electron chi connectivity index (χ0n) is 72.2. The molecule has 696 valence electrons. The van der Waals surface area contributed by atoms with Gasteiger partial charge in [-0.15, -0.1) is 0 Å². The number of hydrogen-bond acceptors (Lipinski definition) is 32. The maximum absolute atomic E-state index is 15.7. The molecule has 10 amide bonds. The van der Waals surface area contributed by atoms with Crippen LogP contribution >= 0.6 is 0 Å². The second-order valence-electron chi connectivity index (χ2n) is 32.4. The Kier molecular flexibility index (Phi) is 37.0. The fourth-order valence-electron chi connectivity index (χ4n) is 15.2. The monoisotopic (exact) mass is 1800 g/mol. The number of nitrogens with one attached hydrogen (secondary N) is 8. The van der Waals surface area contributed by atoms with Crippen LogP contribution < -0.4 is 52.6 Å². The molecular weight excluding hydrogens is 1680 g/mol. The number of H-pyrrole nitrogens is 1. The fourth-order valence-corrected chi connectivity index (χ4v) is 16.7. The van der Waals surface area contributed by atoms with E-state index in [0.717, 1.165) is 32.8 Å². The summed E-state index contributed by atoms with van der Waals surface area (Å²) in [5.41, 5.74) is 5.15. The summed E-state index contributed by atoms with van der Waals surface area (Å²) in [4.78, 5) is 234. The van der Waals surface area contributed by atoms with E-state index in [9.17, 15) is 77.6 Å². The van der Waals surface area contributed by atoms with E-state index in [1.807, 2.05) is 0 Å². The number of fused-ring (bicyclic) bond motifs is 9. The Morgan fingerprint density at radius 1 is 0.794 bits per heavy atom. The third-order valence-electron chi connectivity index (χ3n) is 21.6. The Hall–Kier alpha value is -11.0. The van der Waals surface area contributed by atoms with Gasteiger partial charge in [-0.1, -0.05) is 46.1 Å². The Balaban J connectivity index is 1.04. The van der Waals surface area contributed by atoms with Crippen LogP contribution in [0.3, 0.4) is 0 Å². The highest BCUT2D eigenvalue weighted by molar-refractivity contribution is 7.85. The summed E-state index contributed by atoms with van der Waals surface area (Å²) < 4.78 is 77.8. The zero-order chi connectivity index (χ0) is 92.6. The molecule has 2 fully saturated rings. The molecule has 8 bridgehead atoms. The largest absolute Gasteiger partial charge is 0.475 e. The maximum atomic E-state index is 15.7. The molecule has 0 spiro atoms. The van der Waals surface area contributed by atoms with Crippen molar-refractivity contribution in [3.8, 4) is 11.5 Å². The quantitative estimate of drug-likeness (QED) is 0.0154. The van der Waals surface area contributed by atoms with Gasteiger partial charge in [-0.25, -0.2) is 14.4 Å². The first-order valence-corrected chi connectivity index (χ1v) is 42.7. The van der Waals surface area contributed by atoms with Crippen LogP contribution in [0.5, 0.6) is 11.5 Å². The number of Topliss-reactive ketones (excluding diaryl/α,β-unsaturated/α-hetero) is 2. The highest BCUT2D eigenvalue weighted by Crippen LogP contribution is 2.39. The normalized spacial score (nSPS) is 25.3. The SMILES string of the molecule is CC[C@H](C)[C@@H]1NC(=O)CNC(=O)[C@H]2CC(=O)[C@H]([C@@H](C)[C@@H](O)CO)NC(=O)[C@@H]3C[C@@H](O)CN3C(=O)[C@H](CC(N)=O)CC(=O)[C@@H]3CS(=O)c4[nH]c5cc(ccc5c4C2)OC1(CCCCCCN(C)C(=O)OCc1ccc(OC2O[C@H](C(=O)OC)[C@@H](OC(C)=O)[C@H](OC(C)=O)[C@H]2OC(C)=O)c(C(=O)NCCOCCOCCONC(=O)OC(C)(C)C)c1)C(=O)NCC(=O)N3. The zero-order valence-corrected chi connectivity index (χ0v) is 73.0. The van der Waals surface area contributed by atoms with Gasteiger partial charge in [-0.05, 0) is 87.8 Å². The van der Waals surface area contributed by atoms with E-state index in [1.165, 1.54) is 49.2 Å². The molecule has 6 aliphatic rings. The van der Waals surface area contributed by atoms with Crippen LogP contribution in [-0.4, -0.2) is 300 Å². The smallest absolute Gasteiger partial charge is 0.431 e. The van der Waals surface area contributed by atoms with Gasteiger partial charge in [0.15, 0.2) is 29.9 Å². The summed E-state index contributed by atoms with van der Waals surface area (Å²) in [6, 6.07) is 2.05. The van der Waals surface area contributed by atoms with Gasteiger partial charge in [0.2, 0.25) is 53.4 Å². The number of aromatic nitrogens is 1. The lowest BCUT2D eigenvalue weighted by Gasteiger charge is -2.43. The molecule has 1 aromatic heterocycles. The molecule has 17 atom stereocenters. The average molecular weight is 1800 g/mol. The summed E-state index contributed by atoms with van der Waals surface area (Å²) in [7, 11) is 0.0401. The summed E-state index contributed by atoms with van der Waals surface area (Å²) in [5, 5.41) is 48.4. The number of benzene rings is 2. The van der Waals surface area contributed by atoms with Gasteiger partial charge in [-0.3, -0.25) is 71.4 Å². The minimum absolute atomic E-state index is 0.000137. The van der Waals surface area contributed by atoms with Crippen molar-refractivity contribution in [2.75, 3.05) is 92.3 Å². The molecule has 6 aliphatic heterocycles. The number of unbranched alkanes of at least 4 members (excludes halogenated alkanes) is 3. The minimum Gasteiger partial charge on any atom is -0.475 e. The number of carbonyl (C=O) groups is 16. The molecule has 3 unspecified atom stereocenters. The van der Waals surface area contributed by atoms with Crippen LogP contribution in [0.1, 0.15) is 148 Å². The Morgan fingerprint density at radius 3 is 2.13 bits per heavy atom.